The molecule has 0 aliphatic carbocycles. The number of amides is 2. The molecule has 0 heterocycles. The molecular weight excluding hydrogens is 399 g/mol. The highest BCUT2D eigenvalue weighted by atomic mass is 19.4. The van der Waals surface area contributed by atoms with Crippen LogP contribution in [0, 0.1) is 0 Å². The first-order chi connectivity index (χ1) is 13.6. The third-order valence-electron chi connectivity index (χ3n) is 3.77. The Morgan fingerprint density at radius 3 is 2.28 bits per heavy atom. The predicted molar refractivity (Wildman–Crippen MR) is 93.7 cm³/mol. The fraction of sp³-hybridized carbons (Fsp3) is 0.263. The molecule has 2 aromatic rings. The second-order valence-corrected chi connectivity index (χ2v) is 6.03. The van der Waals surface area contributed by atoms with E-state index >= 15 is 0 Å². The van der Waals surface area contributed by atoms with Crippen molar-refractivity contribution in [3.63, 3.8) is 0 Å². The lowest BCUT2D eigenvalue weighted by Gasteiger charge is -2.19. The Kier molecular flexibility index (Phi) is 7.13. The van der Waals surface area contributed by atoms with Crippen molar-refractivity contribution in [2.75, 3.05) is 13.6 Å². The van der Waals surface area contributed by atoms with Crippen molar-refractivity contribution >= 4 is 11.8 Å². The normalized spacial score (nSPS) is 11.3. The first kappa shape index (κ1) is 22.1. The van der Waals surface area contributed by atoms with E-state index in [-0.39, 0.29) is 23.4 Å². The highest BCUT2D eigenvalue weighted by Crippen LogP contribution is 2.22. The van der Waals surface area contributed by atoms with E-state index in [0.717, 1.165) is 0 Å². The minimum Gasteiger partial charge on any atom is -0.434 e. The van der Waals surface area contributed by atoms with Crippen molar-refractivity contribution in [3.05, 3.63) is 65.2 Å². The van der Waals surface area contributed by atoms with E-state index in [9.17, 15) is 31.5 Å². The van der Waals surface area contributed by atoms with Gasteiger partial charge in [-0.3, -0.25) is 9.59 Å². The van der Waals surface area contributed by atoms with Gasteiger partial charge in [0.25, 0.3) is 11.8 Å². The summed E-state index contributed by atoms with van der Waals surface area (Å²) >= 11 is 0. The van der Waals surface area contributed by atoms with E-state index in [1.165, 1.54) is 60.5 Å². The van der Waals surface area contributed by atoms with E-state index in [1.807, 2.05) is 0 Å². The largest absolute Gasteiger partial charge is 0.434 e. The zero-order valence-corrected chi connectivity index (χ0v) is 15.2. The molecule has 0 aliphatic rings. The number of benzene rings is 2. The van der Waals surface area contributed by atoms with Gasteiger partial charge in [-0.05, 0) is 29.8 Å². The van der Waals surface area contributed by atoms with Crippen LogP contribution >= 0.6 is 0 Å². The maximum atomic E-state index is 12.5. The molecule has 2 amide bonds. The van der Waals surface area contributed by atoms with E-state index in [2.05, 4.69) is 4.74 Å². The van der Waals surface area contributed by atoms with E-state index in [0.29, 0.717) is 5.56 Å². The second kappa shape index (κ2) is 9.35. The Morgan fingerprint density at radius 2 is 1.69 bits per heavy atom. The Morgan fingerprint density at radius 1 is 1.07 bits per heavy atom. The number of carbonyl (C=O) groups is 2. The minimum atomic E-state index is -4.51. The van der Waals surface area contributed by atoms with Crippen molar-refractivity contribution in [2.24, 2.45) is 0 Å². The van der Waals surface area contributed by atoms with Crippen molar-refractivity contribution < 1.29 is 36.3 Å². The summed E-state index contributed by atoms with van der Waals surface area (Å²) in [6, 6.07) is 11.2. The molecule has 2 rings (SSSR count). The number of nitrogens with zero attached hydrogens (tertiary/aromatic N) is 1. The number of para-hydroxylation sites is 1. The molecule has 10 heteroatoms. The zero-order chi connectivity index (χ0) is 21.6. The van der Waals surface area contributed by atoms with Crippen LogP contribution < -0.4 is 10.1 Å². The second-order valence-electron chi connectivity index (χ2n) is 6.03. The molecule has 0 aromatic heterocycles. The van der Waals surface area contributed by atoms with Crippen molar-refractivity contribution in [1.82, 2.24) is 10.2 Å². The molecule has 0 unspecified atom stereocenters. The third kappa shape index (κ3) is 6.74. The molecule has 0 fully saturated rings. The molecule has 29 heavy (non-hydrogen) atoms. The number of alkyl halides is 5. The molecule has 156 valence electrons. The molecule has 0 radical (unpaired) electrons. The number of rotatable bonds is 7. The Bertz CT molecular complexity index is 854. The van der Waals surface area contributed by atoms with E-state index in [1.54, 1.807) is 5.32 Å². The van der Waals surface area contributed by atoms with Gasteiger partial charge in [-0.15, -0.1) is 0 Å². The molecule has 0 bridgehead atoms. The third-order valence-corrected chi connectivity index (χ3v) is 3.77. The minimum absolute atomic E-state index is 0.0302. The van der Waals surface area contributed by atoms with Gasteiger partial charge >= 0.3 is 12.8 Å². The number of carbonyl (C=O) groups excluding carboxylic acids is 2. The monoisotopic (exact) mass is 416 g/mol. The van der Waals surface area contributed by atoms with Crippen molar-refractivity contribution in [2.45, 2.75) is 19.3 Å². The maximum absolute atomic E-state index is 12.5. The van der Waals surface area contributed by atoms with E-state index < -0.39 is 31.1 Å². The fourth-order valence-corrected chi connectivity index (χ4v) is 2.44. The van der Waals surface area contributed by atoms with Crippen LogP contribution in [-0.2, 0) is 6.54 Å². The van der Waals surface area contributed by atoms with Crippen LogP contribution in [0.25, 0.3) is 0 Å². The Balaban J connectivity index is 2.03. The van der Waals surface area contributed by atoms with E-state index in [4.69, 9.17) is 0 Å². The molecule has 0 saturated carbocycles. The Hall–Kier alpha value is -3.17. The first-order valence-electron chi connectivity index (χ1n) is 8.30. The lowest BCUT2D eigenvalue weighted by Crippen LogP contribution is -2.33. The number of ether oxygens (including phenoxy) is 1. The number of nitrogens with one attached hydrogen (secondary N) is 1. The van der Waals surface area contributed by atoms with Gasteiger partial charge in [-0.2, -0.15) is 22.0 Å². The quantitative estimate of drug-likeness (QED) is 0.698. The van der Waals surface area contributed by atoms with Crippen molar-refractivity contribution in [3.8, 4) is 5.75 Å². The average molecular weight is 416 g/mol. The topological polar surface area (TPSA) is 58.6 Å². The van der Waals surface area contributed by atoms with Crippen molar-refractivity contribution in [1.29, 1.82) is 0 Å². The number of hydrogen-bond acceptors (Lipinski definition) is 3. The summed E-state index contributed by atoms with van der Waals surface area (Å²) in [6.45, 7) is -4.44. The molecule has 0 atom stereocenters. The summed E-state index contributed by atoms with van der Waals surface area (Å²) in [5.74, 6) is -1.69. The van der Waals surface area contributed by atoms with Crippen LogP contribution in [-0.4, -0.2) is 43.1 Å². The summed E-state index contributed by atoms with van der Waals surface area (Å²) in [7, 11) is 1.45. The fourth-order valence-electron chi connectivity index (χ4n) is 2.44. The van der Waals surface area contributed by atoms with Crippen LogP contribution in [0.3, 0.4) is 0 Å². The number of halogens is 5. The van der Waals surface area contributed by atoms with Crippen LogP contribution in [0.4, 0.5) is 22.0 Å². The van der Waals surface area contributed by atoms with Crippen LogP contribution in [0.2, 0.25) is 0 Å². The molecule has 1 N–H and O–H groups in total. The van der Waals surface area contributed by atoms with Crippen LogP contribution in [0.15, 0.2) is 48.5 Å². The molecule has 0 aliphatic heterocycles. The SMILES string of the molecule is CN(Cc1ccc(C(=O)NCC(F)(F)F)cc1)C(=O)c1ccccc1OC(F)F. The Labute approximate surface area is 163 Å². The molecule has 2 aromatic carbocycles. The maximum Gasteiger partial charge on any atom is 0.405 e. The average Bonchev–Trinajstić information content (AvgIpc) is 2.65. The summed E-state index contributed by atoms with van der Waals surface area (Å²) in [5, 5.41) is 1.76. The summed E-state index contributed by atoms with van der Waals surface area (Å²) < 4.78 is 65.8. The molecule has 5 nitrogen and oxygen atoms in total. The zero-order valence-electron chi connectivity index (χ0n) is 15.2. The lowest BCUT2D eigenvalue weighted by molar-refractivity contribution is -0.123. The lowest BCUT2D eigenvalue weighted by atomic mass is 10.1. The van der Waals surface area contributed by atoms with Gasteiger partial charge in [0.2, 0.25) is 0 Å². The van der Waals surface area contributed by atoms with Gasteiger partial charge in [0, 0.05) is 19.2 Å². The summed E-state index contributed by atoms with van der Waals surface area (Å²) in [5.41, 5.74) is 0.571. The molecule has 0 spiro atoms. The molecular formula is C19H17F5N2O3. The van der Waals surface area contributed by atoms with Gasteiger partial charge in [-0.25, -0.2) is 0 Å². The summed E-state index contributed by atoms with van der Waals surface area (Å²) in [4.78, 5) is 25.5. The predicted octanol–water partition coefficient (Wildman–Crippen LogP) is 3.85. The van der Waals surface area contributed by atoms with Crippen LogP contribution in [0.1, 0.15) is 26.3 Å². The molecule has 0 saturated heterocycles. The number of hydrogen-bond donors (Lipinski definition) is 1. The highest BCUT2D eigenvalue weighted by Gasteiger charge is 2.27. The van der Waals surface area contributed by atoms with Gasteiger partial charge in [0.1, 0.15) is 12.3 Å². The highest BCUT2D eigenvalue weighted by molar-refractivity contribution is 5.97. The van der Waals surface area contributed by atoms with Gasteiger partial charge in [0.05, 0.1) is 5.56 Å². The first-order valence-corrected chi connectivity index (χ1v) is 8.30. The van der Waals surface area contributed by atoms with Crippen LogP contribution in [0.5, 0.6) is 5.75 Å². The van der Waals surface area contributed by atoms with Gasteiger partial charge in [-0.1, -0.05) is 24.3 Å². The summed E-state index contributed by atoms with van der Waals surface area (Å²) in [6.07, 6.45) is -4.51. The standard InChI is InChI=1S/C19H17F5N2O3/c1-26(17(28)14-4-2-3-5-15(14)29-18(20)21)10-12-6-8-13(9-7-12)16(27)25-11-19(22,23)24/h2-9,18H,10-11H2,1H3,(H,25,27). The van der Waals surface area contributed by atoms with Gasteiger partial charge < -0.3 is 15.0 Å². The smallest absolute Gasteiger partial charge is 0.405 e. The van der Waals surface area contributed by atoms with Gasteiger partial charge in [0.15, 0.2) is 0 Å².